The number of aliphatic carboxylic acids is 1. The van der Waals surface area contributed by atoms with Crippen molar-refractivity contribution in [3.63, 3.8) is 0 Å². The Morgan fingerprint density at radius 2 is 1.81 bits per heavy atom. The molecule has 192 valence electrons. The molecule has 4 rings (SSSR count). The molecule has 0 radical (unpaired) electrons. The Morgan fingerprint density at radius 3 is 2.31 bits per heavy atom. The standard InChI is InChI=1S/C20H21BrN6O2.C2HF3O2/c1-12(2)10-26-18-17(19(28)27(20(26)29)16-9-22-11-25(16)3)23-15(24-18)8-13-4-6-14(21)7-5-13;3-2(4,5)1(6)7/h4-7,9,11-12H,8,10H2,1-3H3,(H,23,24);(H,6,7). The molecule has 1 aromatic carbocycles. The van der Waals surface area contributed by atoms with Crippen molar-refractivity contribution >= 4 is 33.1 Å². The molecule has 0 aliphatic heterocycles. The third kappa shape index (κ3) is 5.93. The third-order valence-electron chi connectivity index (χ3n) is 4.92. The van der Waals surface area contributed by atoms with Gasteiger partial charge in [-0.15, -0.1) is 0 Å². The van der Waals surface area contributed by atoms with Gasteiger partial charge in [-0.2, -0.15) is 13.2 Å². The van der Waals surface area contributed by atoms with Gasteiger partial charge in [-0.1, -0.05) is 41.9 Å². The summed E-state index contributed by atoms with van der Waals surface area (Å²) in [7, 11) is 1.75. The summed E-state index contributed by atoms with van der Waals surface area (Å²) in [5.74, 6) is -1.49. The van der Waals surface area contributed by atoms with Gasteiger partial charge in [-0.3, -0.25) is 9.36 Å². The van der Waals surface area contributed by atoms with E-state index in [1.54, 1.807) is 22.5 Å². The minimum absolute atomic E-state index is 0.208. The lowest BCUT2D eigenvalue weighted by Gasteiger charge is -2.12. The number of H-pyrrole nitrogens is 1. The second-order valence-corrected chi connectivity index (χ2v) is 9.19. The van der Waals surface area contributed by atoms with E-state index in [4.69, 9.17) is 9.90 Å². The Balaban J connectivity index is 0.000000454. The number of hydrogen-bond donors (Lipinski definition) is 2. The number of hydrogen-bond acceptors (Lipinski definition) is 5. The zero-order valence-electron chi connectivity index (χ0n) is 19.4. The summed E-state index contributed by atoms with van der Waals surface area (Å²) in [6.45, 7) is 4.50. The van der Waals surface area contributed by atoms with Gasteiger partial charge in [-0.05, 0) is 23.6 Å². The van der Waals surface area contributed by atoms with Crippen LogP contribution in [0.15, 0.2) is 50.9 Å². The number of carboxylic acids is 1. The van der Waals surface area contributed by atoms with Crippen LogP contribution in [-0.2, 0) is 24.8 Å². The molecule has 3 aromatic heterocycles. The van der Waals surface area contributed by atoms with Crippen molar-refractivity contribution in [2.75, 3.05) is 0 Å². The molecule has 4 aromatic rings. The van der Waals surface area contributed by atoms with Crippen LogP contribution in [0.3, 0.4) is 0 Å². The number of aryl methyl sites for hydroxylation is 1. The average Bonchev–Trinajstić information content (AvgIpc) is 3.39. The molecule has 0 amide bonds. The molecule has 0 unspecified atom stereocenters. The van der Waals surface area contributed by atoms with Crippen LogP contribution in [0.4, 0.5) is 13.2 Å². The number of benzene rings is 1. The molecule has 10 nitrogen and oxygen atoms in total. The second kappa shape index (κ2) is 10.5. The number of nitrogens with one attached hydrogen (secondary N) is 1. The molecule has 0 aliphatic carbocycles. The van der Waals surface area contributed by atoms with Crippen LogP contribution in [0.1, 0.15) is 25.2 Å². The zero-order valence-corrected chi connectivity index (χ0v) is 21.0. The number of carboxylic acid groups (broad SMARTS) is 1. The van der Waals surface area contributed by atoms with E-state index < -0.39 is 23.4 Å². The number of carbonyl (C=O) groups is 1. The maximum Gasteiger partial charge on any atom is 0.490 e. The fourth-order valence-electron chi connectivity index (χ4n) is 3.34. The van der Waals surface area contributed by atoms with Crippen molar-refractivity contribution in [2.45, 2.75) is 33.0 Å². The van der Waals surface area contributed by atoms with Crippen molar-refractivity contribution in [3.05, 3.63) is 73.5 Å². The minimum atomic E-state index is -5.08. The fraction of sp³-hybridized carbons (Fsp3) is 0.318. The second-order valence-electron chi connectivity index (χ2n) is 8.28. The molecule has 0 aliphatic rings. The maximum atomic E-state index is 13.2. The van der Waals surface area contributed by atoms with Crippen molar-refractivity contribution in [1.82, 2.24) is 28.7 Å². The van der Waals surface area contributed by atoms with Crippen LogP contribution < -0.4 is 11.2 Å². The molecule has 2 N–H and O–H groups in total. The zero-order chi connectivity index (χ0) is 26.8. The lowest BCUT2D eigenvalue weighted by Crippen LogP contribution is -2.40. The normalized spacial score (nSPS) is 11.6. The Kier molecular flexibility index (Phi) is 7.86. The Hall–Kier alpha value is -3.68. The van der Waals surface area contributed by atoms with Crippen molar-refractivity contribution < 1.29 is 23.1 Å². The van der Waals surface area contributed by atoms with Gasteiger partial charge < -0.3 is 14.7 Å². The number of nitrogens with zero attached hydrogens (tertiary/aromatic N) is 5. The Labute approximate surface area is 210 Å². The summed E-state index contributed by atoms with van der Waals surface area (Å²) < 4.78 is 37.1. The largest absolute Gasteiger partial charge is 0.490 e. The molecule has 36 heavy (non-hydrogen) atoms. The first-order valence-corrected chi connectivity index (χ1v) is 11.3. The average molecular weight is 571 g/mol. The number of halogens is 4. The highest BCUT2D eigenvalue weighted by molar-refractivity contribution is 9.10. The molecule has 0 saturated heterocycles. The van der Waals surface area contributed by atoms with E-state index >= 15 is 0 Å². The van der Waals surface area contributed by atoms with Crippen LogP contribution in [0.5, 0.6) is 0 Å². The van der Waals surface area contributed by atoms with E-state index in [1.165, 1.54) is 6.20 Å². The lowest BCUT2D eigenvalue weighted by atomic mass is 10.1. The third-order valence-corrected chi connectivity index (χ3v) is 5.45. The first-order valence-electron chi connectivity index (χ1n) is 10.5. The van der Waals surface area contributed by atoms with Gasteiger partial charge in [0.2, 0.25) is 0 Å². The Bertz CT molecular complexity index is 1500. The molecule has 0 fully saturated rings. The van der Waals surface area contributed by atoms with Crippen molar-refractivity contribution in [3.8, 4) is 5.82 Å². The minimum Gasteiger partial charge on any atom is -0.475 e. The van der Waals surface area contributed by atoms with Crippen LogP contribution in [0.2, 0.25) is 0 Å². The number of aromatic nitrogens is 6. The van der Waals surface area contributed by atoms with Crippen LogP contribution in [0.25, 0.3) is 17.0 Å². The fourth-order valence-corrected chi connectivity index (χ4v) is 3.61. The van der Waals surface area contributed by atoms with Gasteiger partial charge in [0.1, 0.15) is 11.6 Å². The predicted molar refractivity (Wildman–Crippen MR) is 128 cm³/mol. The van der Waals surface area contributed by atoms with Gasteiger partial charge in [0.25, 0.3) is 5.56 Å². The first kappa shape index (κ1) is 26.9. The SMILES string of the molecule is CC(C)Cn1c(=O)n(-c2cncn2C)c(=O)c2[nH]c(Cc3ccc(Br)cc3)nc21.O=C(O)C(F)(F)F. The quantitative estimate of drug-likeness (QED) is 0.379. The van der Waals surface area contributed by atoms with E-state index in [-0.39, 0.29) is 5.92 Å². The number of rotatable bonds is 5. The first-order chi connectivity index (χ1) is 16.8. The maximum absolute atomic E-state index is 13.2. The number of fused-ring (bicyclic) bond motifs is 1. The van der Waals surface area contributed by atoms with E-state index in [1.807, 2.05) is 38.1 Å². The molecule has 3 heterocycles. The highest BCUT2D eigenvalue weighted by atomic mass is 79.9. The summed E-state index contributed by atoms with van der Waals surface area (Å²) in [5, 5.41) is 7.12. The topological polar surface area (TPSA) is 128 Å². The van der Waals surface area contributed by atoms with E-state index in [0.29, 0.717) is 35.8 Å². The van der Waals surface area contributed by atoms with Crippen molar-refractivity contribution in [1.29, 1.82) is 0 Å². The summed E-state index contributed by atoms with van der Waals surface area (Å²) in [6, 6.07) is 7.91. The lowest BCUT2D eigenvalue weighted by molar-refractivity contribution is -0.192. The molecule has 0 saturated carbocycles. The molecule has 0 atom stereocenters. The Morgan fingerprint density at radius 1 is 1.19 bits per heavy atom. The molecular weight excluding hydrogens is 549 g/mol. The molecule has 0 bridgehead atoms. The van der Waals surface area contributed by atoms with E-state index in [2.05, 4.69) is 30.9 Å². The van der Waals surface area contributed by atoms with E-state index in [9.17, 15) is 22.8 Å². The van der Waals surface area contributed by atoms with Gasteiger partial charge in [-0.25, -0.2) is 24.1 Å². The number of alkyl halides is 3. The van der Waals surface area contributed by atoms with E-state index in [0.717, 1.165) is 14.6 Å². The monoisotopic (exact) mass is 570 g/mol. The van der Waals surface area contributed by atoms with Crippen molar-refractivity contribution in [2.24, 2.45) is 13.0 Å². The summed E-state index contributed by atoms with van der Waals surface area (Å²) in [4.78, 5) is 47.1. The van der Waals surface area contributed by atoms with Gasteiger partial charge >= 0.3 is 17.8 Å². The highest BCUT2D eigenvalue weighted by Gasteiger charge is 2.38. The smallest absolute Gasteiger partial charge is 0.475 e. The van der Waals surface area contributed by atoms with Gasteiger partial charge in [0, 0.05) is 24.5 Å². The van der Waals surface area contributed by atoms with Crippen LogP contribution >= 0.6 is 15.9 Å². The highest BCUT2D eigenvalue weighted by Crippen LogP contribution is 2.16. The summed E-state index contributed by atoms with van der Waals surface area (Å²) >= 11 is 3.43. The number of aromatic amines is 1. The van der Waals surface area contributed by atoms with Crippen LogP contribution in [0, 0.1) is 5.92 Å². The number of imidazole rings is 2. The predicted octanol–water partition coefficient (Wildman–Crippen LogP) is 3.25. The molecular formula is C22H22BrF3N6O4. The molecule has 0 spiro atoms. The van der Waals surface area contributed by atoms with Crippen LogP contribution in [-0.4, -0.2) is 45.9 Å². The van der Waals surface area contributed by atoms with Gasteiger partial charge in [0.15, 0.2) is 11.2 Å². The summed E-state index contributed by atoms with van der Waals surface area (Å²) in [6.07, 6.45) is -1.49. The van der Waals surface area contributed by atoms with Gasteiger partial charge in [0.05, 0.1) is 12.5 Å². The molecule has 14 heteroatoms. The summed E-state index contributed by atoms with van der Waals surface area (Å²) in [5.41, 5.74) is 0.916.